The topological polar surface area (TPSA) is 59.7 Å². The zero-order chi connectivity index (χ0) is 14.8. The van der Waals surface area contributed by atoms with Crippen LogP contribution in [0.15, 0.2) is 67.5 Å². The lowest BCUT2D eigenvalue weighted by molar-refractivity contribution is 0.414. The molecule has 0 aliphatic rings. The molecular weight excluding hydrogens is 288 g/mol. The van der Waals surface area contributed by atoms with Crippen LogP contribution in [-0.2, 0) is 0 Å². The summed E-state index contributed by atoms with van der Waals surface area (Å²) in [5.41, 5.74) is -0.175. The fraction of sp³-hybridized carbons (Fsp3) is 0.0625. The highest BCUT2D eigenvalue weighted by Gasteiger charge is 2.14. The first-order valence-corrected chi connectivity index (χ1v) is 7.07. The number of aromatic hydroxyl groups is 1. The number of hydrogen-bond donors (Lipinski definition) is 1. The van der Waals surface area contributed by atoms with Crippen LogP contribution in [0.2, 0.25) is 0 Å². The molecule has 0 unspecified atom stereocenters. The quantitative estimate of drug-likeness (QED) is 0.748. The Kier molecular flexibility index (Phi) is 3.58. The maximum absolute atomic E-state index is 12.0. The summed E-state index contributed by atoms with van der Waals surface area (Å²) in [5.74, 6) is 0.678. The van der Waals surface area contributed by atoms with Gasteiger partial charge in [-0.3, -0.25) is 0 Å². The molecule has 1 N–H and O–H groups in total. The number of ether oxygens (including phenoxy) is 1. The van der Waals surface area contributed by atoms with Gasteiger partial charge in [0.2, 0.25) is 0 Å². The molecule has 0 atom stereocenters. The standard InChI is InChI=1S/C16H12O4S/c1-19-10-6-8-11(9-7-10)21-15-14(17)12-4-2-3-5-13(12)20-16(15)18/h2-9,17H,1H3. The monoisotopic (exact) mass is 300 g/mol. The number of benzene rings is 2. The van der Waals surface area contributed by atoms with Gasteiger partial charge in [-0.2, -0.15) is 0 Å². The lowest BCUT2D eigenvalue weighted by Crippen LogP contribution is -2.02. The van der Waals surface area contributed by atoms with Crippen LogP contribution in [0.3, 0.4) is 0 Å². The van der Waals surface area contributed by atoms with E-state index in [-0.39, 0.29) is 10.6 Å². The first-order valence-electron chi connectivity index (χ1n) is 6.26. The van der Waals surface area contributed by atoms with Crippen LogP contribution >= 0.6 is 11.8 Å². The van der Waals surface area contributed by atoms with Crippen molar-refractivity contribution in [3.8, 4) is 11.5 Å². The van der Waals surface area contributed by atoms with Crippen LogP contribution in [-0.4, -0.2) is 12.2 Å². The second-order valence-corrected chi connectivity index (χ2v) is 5.42. The Balaban J connectivity index is 2.05. The van der Waals surface area contributed by atoms with E-state index < -0.39 is 5.63 Å². The Morgan fingerprint density at radius 3 is 2.52 bits per heavy atom. The molecule has 0 saturated heterocycles. The largest absolute Gasteiger partial charge is 0.506 e. The summed E-state index contributed by atoms with van der Waals surface area (Å²) in [5, 5.41) is 10.8. The van der Waals surface area contributed by atoms with Gasteiger partial charge in [0.15, 0.2) is 0 Å². The molecule has 106 valence electrons. The Hall–Kier alpha value is -2.40. The van der Waals surface area contributed by atoms with E-state index in [2.05, 4.69) is 0 Å². The van der Waals surface area contributed by atoms with Crippen molar-refractivity contribution < 1.29 is 14.3 Å². The van der Waals surface area contributed by atoms with Crippen LogP contribution in [0.25, 0.3) is 11.0 Å². The molecule has 1 aromatic heterocycles. The summed E-state index contributed by atoms with van der Waals surface area (Å²) >= 11 is 1.16. The number of para-hydroxylation sites is 1. The summed E-state index contributed by atoms with van der Waals surface area (Å²) < 4.78 is 10.3. The van der Waals surface area contributed by atoms with Gasteiger partial charge in [-0.1, -0.05) is 23.9 Å². The molecule has 2 aromatic carbocycles. The minimum Gasteiger partial charge on any atom is -0.506 e. The minimum absolute atomic E-state index is 0.0531. The van der Waals surface area contributed by atoms with Crippen molar-refractivity contribution >= 4 is 22.7 Å². The maximum atomic E-state index is 12.0. The van der Waals surface area contributed by atoms with Crippen molar-refractivity contribution in [2.75, 3.05) is 7.11 Å². The average Bonchev–Trinajstić information content (AvgIpc) is 2.52. The van der Waals surface area contributed by atoms with Crippen LogP contribution in [0.4, 0.5) is 0 Å². The van der Waals surface area contributed by atoms with Gasteiger partial charge >= 0.3 is 5.63 Å². The maximum Gasteiger partial charge on any atom is 0.354 e. The molecule has 0 aliphatic heterocycles. The molecule has 4 nitrogen and oxygen atoms in total. The van der Waals surface area contributed by atoms with Crippen LogP contribution in [0.1, 0.15) is 0 Å². The molecule has 3 rings (SSSR count). The van der Waals surface area contributed by atoms with E-state index in [1.54, 1.807) is 43.5 Å². The number of fused-ring (bicyclic) bond motifs is 1. The van der Waals surface area contributed by atoms with Gasteiger partial charge in [0.1, 0.15) is 22.0 Å². The van der Waals surface area contributed by atoms with Crippen molar-refractivity contribution in [2.45, 2.75) is 9.79 Å². The smallest absolute Gasteiger partial charge is 0.354 e. The van der Waals surface area contributed by atoms with E-state index in [0.29, 0.717) is 11.0 Å². The molecule has 0 radical (unpaired) electrons. The molecule has 3 aromatic rings. The third kappa shape index (κ3) is 2.60. The highest BCUT2D eigenvalue weighted by molar-refractivity contribution is 7.99. The highest BCUT2D eigenvalue weighted by atomic mass is 32.2. The predicted octanol–water partition coefficient (Wildman–Crippen LogP) is 3.66. The van der Waals surface area contributed by atoms with Crippen molar-refractivity contribution in [3.63, 3.8) is 0 Å². The van der Waals surface area contributed by atoms with Gasteiger partial charge in [-0.05, 0) is 36.4 Å². The number of methoxy groups -OCH3 is 1. The third-order valence-electron chi connectivity index (χ3n) is 3.02. The molecule has 0 fully saturated rings. The Bertz CT molecular complexity index is 837. The van der Waals surface area contributed by atoms with Gasteiger partial charge in [0, 0.05) is 4.90 Å². The Morgan fingerprint density at radius 1 is 1.10 bits per heavy atom. The van der Waals surface area contributed by atoms with Gasteiger partial charge in [0.05, 0.1) is 12.5 Å². The summed E-state index contributed by atoms with van der Waals surface area (Å²) in [6.07, 6.45) is 0. The molecule has 0 saturated carbocycles. The lowest BCUT2D eigenvalue weighted by Gasteiger charge is -2.06. The van der Waals surface area contributed by atoms with Gasteiger partial charge in [0.25, 0.3) is 0 Å². The molecule has 1 heterocycles. The molecule has 0 amide bonds. The highest BCUT2D eigenvalue weighted by Crippen LogP contribution is 2.36. The molecule has 0 aliphatic carbocycles. The van der Waals surface area contributed by atoms with Crippen LogP contribution in [0, 0.1) is 0 Å². The van der Waals surface area contributed by atoms with E-state index in [1.165, 1.54) is 0 Å². The van der Waals surface area contributed by atoms with Crippen molar-refractivity contribution in [1.29, 1.82) is 0 Å². The first-order chi connectivity index (χ1) is 10.2. The molecule has 0 spiro atoms. The third-order valence-corrected chi connectivity index (χ3v) is 4.10. The zero-order valence-corrected chi connectivity index (χ0v) is 12.0. The first kappa shape index (κ1) is 13.6. The van der Waals surface area contributed by atoms with E-state index in [9.17, 15) is 9.90 Å². The second kappa shape index (κ2) is 5.54. The summed E-state index contributed by atoms with van der Waals surface area (Å²) in [7, 11) is 1.59. The Morgan fingerprint density at radius 2 is 1.81 bits per heavy atom. The summed E-state index contributed by atoms with van der Waals surface area (Å²) in [4.78, 5) is 13.0. The fourth-order valence-corrected chi connectivity index (χ4v) is 2.81. The van der Waals surface area contributed by atoms with Crippen molar-refractivity contribution in [3.05, 3.63) is 59.0 Å². The molecular formula is C16H12O4S. The second-order valence-electron chi connectivity index (χ2n) is 4.34. The number of hydrogen-bond acceptors (Lipinski definition) is 5. The molecule has 5 heteroatoms. The van der Waals surface area contributed by atoms with E-state index >= 15 is 0 Å². The van der Waals surface area contributed by atoms with Crippen molar-refractivity contribution in [1.82, 2.24) is 0 Å². The van der Waals surface area contributed by atoms with Gasteiger partial charge in [-0.15, -0.1) is 0 Å². The van der Waals surface area contributed by atoms with E-state index in [1.807, 2.05) is 12.1 Å². The number of rotatable bonds is 3. The summed E-state index contributed by atoms with van der Waals surface area (Å²) in [6.45, 7) is 0. The van der Waals surface area contributed by atoms with Crippen LogP contribution in [0.5, 0.6) is 11.5 Å². The summed E-state index contributed by atoms with van der Waals surface area (Å²) in [6, 6.07) is 14.1. The van der Waals surface area contributed by atoms with E-state index in [4.69, 9.17) is 9.15 Å². The molecule has 21 heavy (non-hydrogen) atoms. The predicted molar refractivity (Wildman–Crippen MR) is 81.3 cm³/mol. The average molecular weight is 300 g/mol. The van der Waals surface area contributed by atoms with E-state index in [0.717, 1.165) is 22.4 Å². The zero-order valence-electron chi connectivity index (χ0n) is 11.2. The fourth-order valence-electron chi connectivity index (χ4n) is 1.97. The van der Waals surface area contributed by atoms with Crippen LogP contribution < -0.4 is 10.4 Å². The van der Waals surface area contributed by atoms with Crippen molar-refractivity contribution in [2.24, 2.45) is 0 Å². The lowest BCUT2D eigenvalue weighted by atomic mass is 10.2. The minimum atomic E-state index is -0.549. The normalized spacial score (nSPS) is 10.7. The molecule has 0 bridgehead atoms. The Labute approximate surface area is 125 Å². The SMILES string of the molecule is COc1ccc(Sc2c(O)c3ccccc3oc2=O)cc1. The van der Waals surface area contributed by atoms with Gasteiger partial charge < -0.3 is 14.3 Å². The van der Waals surface area contributed by atoms with Gasteiger partial charge in [-0.25, -0.2) is 4.79 Å².